The summed E-state index contributed by atoms with van der Waals surface area (Å²) >= 11 is 0. The van der Waals surface area contributed by atoms with Crippen molar-refractivity contribution in [2.75, 3.05) is 27.7 Å². The molecule has 0 aromatic carbocycles. The van der Waals surface area contributed by atoms with Gasteiger partial charge in [0.05, 0.1) is 33.7 Å². The van der Waals surface area contributed by atoms with Crippen LogP contribution in [0.4, 0.5) is 0 Å². The summed E-state index contributed by atoms with van der Waals surface area (Å²) in [7, 11) is 5.65. The number of unbranched alkanes of at least 4 members (excludes halogenated alkanes) is 2. The summed E-state index contributed by atoms with van der Waals surface area (Å²) in [6, 6.07) is 0. The first-order valence-electron chi connectivity index (χ1n) is 7.52. The fourth-order valence-electron chi connectivity index (χ4n) is 2.10. The zero-order valence-electron chi connectivity index (χ0n) is 13.6. The molecule has 0 heterocycles. The van der Waals surface area contributed by atoms with E-state index in [1.165, 1.54) is 0 Å². The van der Waals surface area contributed by atoms with Crippen LogP contribution in [0, 0.1) is 0 Å². The van der Waals surface area contributed by atoms with Crippen molar-refractivity contribution in [3.63, 3.8) is 0 Å². The van der Waals surface area contributed by atoms with E-state index >= 15 is 0 Å². The number of aliphatic hydroxyl groups is 1. The van der Waals surface area contributed by atoms with Crippen molar-refractivity contribution in [1.29, 1.82) is 0 Å². The zero-order chi connectivity index (χ0) is 16.5. The van der Waals surface area contributed by atoms with Crippen LogP contribution in [0.25, 0.3) is 0 Å². The SMILES string of the molecule is CCCCCC(O)CC(=O)OC(CC(=O)[O-])C[N+](C)(C)C. The Bertz CT molecular complexity index is 325. The highest BCUT2D eigenvalue weighted by Crippen LogP contribution is 2.10. The van der Waals surface area contributed by atoms with Crippen LogP contribution in [0.3, 0.4) is 0 Å². The minimum atomic E-state index is -1.25. The number of likely N-dealkylation sites (N-methyl/N-ethyl adjacent to an activating group) is 1. The van der Waals surface area contributed by atoms with Gasteiger partial charge in [0.2, 0.25) is 0 Å². The second-order valence-corrected chi connectivity index (χ2v) is 6.51. The number of carboxylic acids is 1. The first kappa shape index (κ1) is 19.9. The summed E-state index contributed by atoms with van der Waals surface area (Å²) in [5.74, 6) is -1.80. The molecule has 6 nitrogen and oxygen atoms in total. The molecule has 124 valence electrons. The van der Waals surface area contributed by atoms with Gasteiger partial charge >= 0.3 is 5.97 Å². The van der Waals surface area contributed by atoms with Crippen LogP contribution in [0.1, 0.15) is 45.4 Å². The minimum Gasteiger partial charge on any atom is -0.550 e. The second kappa shape index (κ2) is 9.73. The van der Waals surface area contributed by atoms with E-state index in [1.54, 1.807) is 0 Å². The number of carbonyl (C=O) groups excluding carboxylic acids is 2. The van der Waals surface area contributed by atoms with Gasteiger partial charge in [-0.15, -0.1) is 0 Å². The topological polar surface area (TPSA) is 86.7 Å². The van der Waals surface area contributed by atoms with Gasteiger partial charge in [0, 0.05) is 12.4 Å². The number of quaternary nitrogens is 1. The molecule has 2 unspecified atom stereocenters. The molecule has 1 N–H and O–H groups in total. The van der Waals surface area contributed by atoms with Crippen LogP contribution in [0.15, 0.2) is 0 Å². The molecule has 0 rings (SSSR count). The van der Waals surface area contributed by atoms with Gasteiger partial charge in [-0.3, -0.25) is 4.79 Å². The molecule has 0 aromatic rings. The highest BCUT2D eigenvalue weighted by Gasteiger charge is 2.23. The predicted octanol–water partition coefficient (Wildman–Crippen LogP) is 0.0757. The molecule has 6 heteroatoms. The Balaban J connectivity index is 4.29. The molecule has 21 heavy (non-hydrogen) atoms. The van der Waals surface area contributed by atoms with Gasteiger partial charge in [-0.05, 0) is 6.42 Å². The Morgan fingerprint density at radius 1 is 1.19 bits per heavy atom. The Morgan fingerprint density at radius 3 is 2.29 bits per heavy atom. The molecular weight excluding hydrogens is 274 g/mol. The number of carbonyl (C=O) groups is 2. The molecule has 0 saturated carbocycles. The van der Waals surface area contributed by atoms with Crippen molar-refractivity contribution in [2.24, 2.45) is 0 Å². The molecule has 0 saturated heterocycles. The molecule has 0 aromatic heterocycles. The average Bonchev–Trinajstić information content (AvgIpc) is 2.25. The quantitative estimate of drug-likeness (QED) is 0.332. The van der Waals surface area contributed by atoms with Crippen LogP contribution >= 0.6 is 0 Å². The van der Waals surface area contributed by atoms with Crippen molar-refractivity contribution in [3.05, 3.63) is 0 Å². The minimum absolute atomic E-state index is 0.0929. The van der Waals surface area contributed by atoms with Crippen molar-refractivity contribution in [1.82, 2.24) is 0 Å². The third kappa shape index (κ3) is 12.3. The highest BCUT2D eigenvalue weighted by molar-refractivity contribution is 5.71. The van der Waals surface area contributed by atoms with E-state index in [-0.39, 0.29) is 12.8 Å². The zero-order valence-corrected chi connectivity index (χ0v) is 13.6. The van der Waals surface area contributed by atoms with Crippen molar-refractivity contribution < 1.29 is 29.0 Å². The molecule has 0 bridgehead atoms. The van der Waals surface area contributed by atoms with Gasteiger partial charge in [-0.25, -0.2) is 0 Å². The van der Waals surface area contributed by atoms with E-state index in [4.69, 9.17) is 4.74 Å². The van der Waals surface area contributed by atoms with Crippen molar-refractivity contribution in [2.45, 2.75) is 57.7 Å². The van der Waals surface area contributed by atoms with Crippen LogP contribution in [0.2, 0.25) is 0 Å². The van der Waals surface area contributed by atoms with E-state index in [0.717, 1.165) is 19.3 Å². The maximum atomic E-state index is 11.8. The van der Waals surface area contributed by atoms with E-state index in [2.05, 4.69) is 6.92 Å². The number of hydrogen-bond donors (Lipinski definition) is 1. The van der Waals surface area contributed by atoms with E-state index in [0.29, 0.717) is 17.4 Å². The van der Waals surface area contributed by atoms with Gasteiger partial charge in [0.15, 0.2) is 6.10 Å². The summed E-state index contributed by atoms with van der Waals surface area (Å²) in [5.41, 5.74) is 0. The summed E-state index contributed by atoms with van der Waals surface area (Å²) < 4.78 is 5.66. The molecular formula is C15H29NO5. The number of nitrogens with zero attached hydrogens (tertiary/aromatic N) is 1. The number of aliphatic hydroxyl groups excluding tert-OH is 1. The van der Waals surface area contributed by atoms with Gasteiger partial charge in [0.25, 0.3) is 0 Å². The smallest absolute Gasteiger partial charge is 0.308 e. The average molecular weight is 303 g/mol. The van der Waals surface area contributed by atoms with Gasteiger partial charge < -0.3 is 24.2 Å². The van der Waals surface area contributed by atoms with Gasteiger partial charge in [0.1, 0.15) is 6.54 Å². The fourth-order valence-corrected chi connectivity index (χ4v) is 2.10. The lowest BCUT2D eigenvalue weighted by atomic mass is 10.1. The lowest BCUT2D eigenvalue weighted by Gasteiger charge is -2.29. The number of aliphatic carboxylic acids is 1. The number of hydrogen-bond acceptors (Lipinski definition) is 5. The molecule has 0 radical (unpaired) electrons. The monoisotopic (exact) mass is 303 g/mol. The van der Waals surface area contributed by atoms with Gasteiger partial charge in [-0.1, -0.05) is 26.2 Å². The van der Waals surface area contributed by atoms with Crippen LogP contribution in [-0.4, -0.2) is 61.4 Å². The third-order valence-corrected chi connectivity index (χ3v) is 2.99. The summed E-state index contributed by atoms with van der Waals surface area (Å²) in [5, 5.41) is 20.5. The Labute approximate surface area is 127 Å². The maximum Gasteiger partial charge on any atom is 0.308 e. The molecule has 0 spiro atoms. The standard InChI is InChI=1S/C15H29NO5/c1-5-6-7-8-12(17)9-15(20)21-13(10-14(18)19)11-16(2,3)4/h12-13,17H,5-11H2,1-4H3. The van der Waals surface area contributed by atoms with Crippen LogP contribution < -0.4 is 5.11 Å². The van der Waals surface area contributed by atoms with E-state index < -0.39 is 24.1 Å². The highest BCUT2D eigenvalue weighted by atomic mass is 16.5. The fraction of sp³-hybridized carbons (Fsp3) is 0.867. The Hall–Kier alpha value is -1.14. The molecule has 0 fully saturated rings. The Kier molecular flexibility index (Phi) is 9.21. The van der Waals surface area contributed by atoms with Gasteiger partial charge in [-0.2, -0.15) is 0 Å². The maximum absolute atomic E-state index is 11.8. The lowest BCUT2D eigenvalue weighted by molar-refractivity contribution is -0.873. The first-order chi connectivity index (χ1) is 9.64. The normalized spacial score (nSPS) is 14.5. The molecule has 0 amide bonds. The first-order valence-corrected chi connectivity index (χ1v) is 7.52. The number of ether oxygens (including phenoxy) is 1. The summed E-state index contributed by atoms with van der Waals surface area (Å²) in [6.45, 7) is 2.45. The summed E-state index contributed by atoms with van der Waals surface area (Å²) in [6.07, 6.45) is 1.62. The van der Waals surface area contributed by atoms with Crippen LogP contribution in [-0.2, 0) is 14.3 Å². The molecule has 0 aliphatic rings. The number of carboxylic acid groups (broad SMARTS) is 1. The van der Waals surface area contributed by atoms with Crippen molar-refractivity contribution in [3.8, 4) is 0 Å². The molecule has 0 aliphatic carbocycles. The summed E-state index contributed by atoms with van der Waals surface area (Å²) in [4.78, 5) is 22.5. The molecule has 2 atom stereocenters. The van der Waals surface area contributed by atoms with Crippen LogP contribution in [0.5, 0.6) is 0 Å². The van der Waals surface area contributed by atoms with E-state index in [9.17, 15) is 19.8 Å². The molecule has 0 aliphatic heterocycles. The number of esters is 1. The number of rotatable bonds is 11. The predicted molar refractivity (Wildman–Crippen MR) is 77.2 cm³/mol. The van der Waals surface area contributed by atoms with Crippen molar-refractivity contribution >= 4 is 11.9 Å². The third-order valence-electron chi connectivity index (χ3n) is 2.99. The van der Waals surface area contributed by atoms with E-state index in [1.807, 2.05) is 21.1 Å². The Morgan fingerprint density at radius 2 is 1.81 bits per heavy atom. The largest absolute Gasteiger partial charge is 0.550 e. The second-order valence-electron chi connectivity index (χ2n) is 6.51. The lowest BCUT2D eigenvalue weighted by Crippen LogP contribution is -2.45.